The largest absolute Gasteiger partial charge is 0.449 e. The van der Waals surface area contributed by atoms with Gasteiger partial charge in [0.25, 0.3) is 0 Å². The molecule has 3 N–H and O–H groups in total. The van der Waals surface area contributed by atoms with Gasteiger partial charge in [0.2, 0.25) is 0 Å². The number of hydrogen-bond donors (Lipinski definition) is 2. The molecule has 0 radical (unpaired) electrons. The normalized spacial score (nSPS) is 9.73. The number of nitrogens with one attached hydrogen (secondary N) is 1. The van der Waals surface area contributed by atoms with Crippen molar-refractivity contribution in [3.05, 3.63) is 30.1 Å². The Morgan fingerprint density at radius 3 is 2.87 bits per heavy atom. The number of hydrogen-bond acceptors (Lipinski definition) is 3. The molecule has 0 aliphatic carbocycles. The zero-order chi connectivity index (χ0) is 11.1. The zero-order valence-corrected chi connectivity index (χ0v) is 8.20. The molecule has 0 bridgehead atoms. The van der Waals surface area contributed by atoms with Crippen LogP contribution in [0.25, 0.3) is 0 Å². The number of benzene rings is 1. The Morgan fingerprint density at radius 2 is 2.20 bits per heavy atom. The van der Waals surface area contributed by atoms with Crippen LogP contribution in [0, 0.1) is 5.82 Å². The predicted molar refractivity (Wildman–Crippen MR) is 55.0 cm³/mol. The van der Waals surface area contributed by atoms with Gasteiger partial charge in [0.05, 0.1) is 12.3 Å². The van der Waals surface area contributed by atoms with Gasteiger partial charge in [0.15, 0.2) is 0 Å². The fraction of sp³-hybridized carbons (Fsp3) is 0.300. The molecule has 0 aliphatic rings. The summed E-state index contributed by atoms with van der Waals surface area (Å²) >= 11 is 0. The zero-order valence-electron chi connectivity index (χ0n) is 8.20. The Hall–Kier alpha value is -1.62. The van der Waals surface area contributed by atoms with E-state index in [0.29, 0.717) is 13.0 Å². The van der Waals surface area contributed by atoms with Crippen LogP contribution in [0.5, 0.6) is 0 Å². The van der Waals surface area contributed by atoms with Gasteiger partial charge in [-0.2, -0.15) is 0 Å². The Kier molecular flexibility index (Phi) is 4.56. The molecule has 1 rings (SSSR count). The van der Waals surface area contributed by atoms with Gasteiger partial charge in [-0.05, 0) is 25.1 Å². The molecule has 0 saturated carbocycles. The second-order valence-electron chi connectivity index (χ2n) is 2.88. The molecule has 0 fully saturated rings. The molecular weight excluding hydrogens is 199 g/mol. The van der Waals surface area contributed by atoms with Crippen LogP contribution in [-0.2, 0) is 4.74 Å². The lowest BCUT2D eigenvalue weighted by Gasteiger charge is -2.06. The van der Waals surface area contributed by atoms with E-state index in [2.05, 4.69) is 5.32 Å². The highest BCUT2D eigenvalue weighted by Crippen LogP contribution is 2.12. The van der Waals surface area contributed by atoms with Crippen LogP contribution in [0.1, 0.15) is 6.42 Å². The Labute approximate surface area is 87.2 Å². The van der Waals surface area contributed by atoms with E-state index in [9.17, 15) is 9.18 Å². The van der Waals surface area contributed by atoms with Gasteiger partial charge in [-0.3, -0.25) is 5.32 Å². The molecule has 1 aromatic rings. The first-order chi connectivity index (χ1) is 7.24. The quantitative estimate of drug-likeness (QED) is 0.747. The van der Waals surface area contributed by atoms with Crippen LogP contribution in [0.4, 0.5) is 14.9 Å². The lowest BCUT2D eigenvalue weighted by Crippen LogP contribution is -2.16. The van der Waals surface area contributed by atoms with E-state index in [4.69, 9.17) is 10.5 Å². The number of anilines is 1. The number of ether oxygens (including phenoxy) is 1. The second kappa shape index (κ2) is 5.98. The molecule has 5 heteroatoms. The smallest absolute Gasteiger partial charge is 0.411 e. The fourth-order valence-electron chi connectivity index (χ4n) is 0.957. The molecule has 0 saturated heterocycles. The molecule has 0 atom stereocenters. The molecule has 0 unspecified atom stereocenters. The van der Waals surface area contributed by atoms with Gasteiger partial charge in [-0.25, -0.2) is 9.18 Å². The first kappa shape index (κ1) is 11.5. The van der Waals surface area contributed by atoms with E-state index in [1.165, 1.54) is 12.1 Å². The van der Waals surface area contributed by atoms with E-state index in [-0.39, 0.29) is 12.3 Å². The van der Waals surface area contributed by atoms with Crippen molar-refractivity contribution in [2.24, 2.45) is 5.73 Å². The van der Waals surface area contributed by atoms with Gasteiger partial charge in [-0.15, -0.1) is 0 Å². The van der Waals surface area contributed by atoms with Gasteiger partial charge in [-0.1, -0.05) is 12.1 Å². The Bertz CT molecular complexity index is 331. The molecule has 0 aromatic heterocycles. The third kappa shape index (κ3) is 3.95. The number of halogens is 1. The number of carbonyl (C=O) groups is 1. The maximum atomic E-state index is 13.0. The average molecular weight is 212 g/mol. The van der Waals surface area contributed by atoms with Gasteiger partial charge >= 0.3 is 6.09 Å². The van der Waals surface area contributed by atoms with Crippen molar-refractivity contribution in [3.8, 4) is 0 Å². The van der Waals surface area contributed by atoms with Crippen LogP contribution in [0.3, 0.4) is 0 Å². The first-order valence-corrected chi connectivity index (χ1v) is 4.62. The first-order valence-electron chi connectivity index (χ1n) is 4.62. The molecule has 1 amide bonds. The number of amides is 1. The van der Waals surface area contributed by atoms with E-state index < -0.39 is 11.9 Å². The van der Waals surface area contributed by atoms with E-state index in [0.717, 1.165) is 0 Å². The minimum Gasteiger partial charge on any atom is -0.449 e. The summed E-state index contributed by atoms with van der Waals surface area (Å²) in [7, 11) is 0. The van der Waals surface area contributed by atoms with Crippen molar-refractivity contribution in [3.63, 3.8) is 0 Å². The van der Waals surface area contributed by atoms with Crippen LogP contribution < -0.4 is 11.1 Å². The molecule has 1 aromatic carbocycles. The highest BCUT2D eigenvalue weighted by atomic mass is 19.1. The maximum Gasteiger partial charge on any atom is 0.411 e. The summed E-state index contributed by atoms with van der Waals surface area (Å²) in [4.78, 5) is 11.1. The molecule has 0 aliphatic heterocycles. The van der Waals surface area contributed by atoms with Gasteiger partial charge in [0.1, 0.15) is 5.82 Å². The van der Waals surface area contributed by atoms with Crippen LogP contribution >= 0.6 is 0 Å². The van der Waals surface area contributed by atoms with Crippen LogP contribution in [0.15, 0.2) is 24.3 Å². The SMILES string of the molecule is NCCCOC(=O)Nc1ccccc1F. The molecule has 4 nitrogen and oxygen atoms in total. The lowest BCUT2D eigenvalue weighted by molar-refractivity contribution is 0.161. The summed E-state index contributed by atoms with van der Waals surface area (Å²) in [6, 6.07) is 5.88. The van der Waals surface area contributed by atoms with Crippen molar-refractivity contribution >= 4 is 11.8 Å². The average Bonchev–Trinajstić information content (AvgIpc) is 2.22. The summed E-state index contributed by atoms with van der Waals surface area (Å²) < 4.78 is 17.8. The van der Waals surface area contributed by atoms with Crippen molar-refractivity contribution in [1.82, 2.24) is 0 Å². The maximum absolute atomic E-state index is 13.0. The Balaban J connectivity index is 2.41. The molecule has 0 heterocycles. The van der Waals surface area contributed by atoms with Crippen molar-refractivity contribution in [1.29, 1.82) is 0 Å². The van der Waals surface area contributed by atoms with Crippen molar-refractivity contribution in [2.75, 3.05) is 18.5 Å². The third-order valence-corrected chi connectivity index (χ3v) is 1.69. The monoisotopic (exact) mass is 212 g/mol. The fourth-order valence-corrected chi connectivity index (χ4v) is 0.957. The predicted octanol–water partition coefficient (Wildman–Crippen LogP) is 1.72. The summed E-state index contributed by atoms with van der Waals surface area (Å²) in [5.41, 5.74) is 5.33. The third-order valence-electron chi connectivity index (χ3n) is 1.69. The second-order valence-corrected chi connectivity index (χ2v) is 2.88. The highest BCUT2D eigenvalue weighted by molar-refractivity contribution is 5.84. The summed E-state index contributed by atoms with van der Waals surface area (Å²) in [6.07, 6.45) is -0.0847. The number of carbonyl (C=O) groups excluding carboxylic acids is 1. The molecule has 15 heavy (non-hydrogen) atoms. The lowest BCUT2D eigenvalue weighted by atomic mass is 10.3. The van der Waals surface area contributed by atoms with E-state index in [1.807, 2.05) is 0 Å². The summed E-state index contributed by atoms with van der Waals surface area (Å²) in [6.45, 7) is 0.684. The van der Waals surface area contributed by atoms with E-state index in [1.54, 1.807) is 12.1 Å². The van der Waals surface area contributed by atoms with Gasteiger partial charge < -0.3 is 10.5 Å². The Morgan fingerprint density at radius 1 is 1.47 bits per heavy atom. The van der Waals surface area contributed by atoms with Crippen molar-refractivity contribution in [2.45, 2.75) is 6.42 Å². The van der Waals surface area contributed by atoms with E-state index >= 15 is 0 Å². The minimum absolute atomic E-state index is 0.107. The topological polar surface area (TPSA) is 64.3 Å². The molecule has 0 spiro atoms. The van der Waals surface area contributed by atoms with Crippen molar-refractivity contribution < 1.29 is 13.9 Å². The molecular formula is C10H13FN2O2. The number of nitrogens with two attached hydrogens (primary N) is 1. The standard InChI is InChI=1S/C10H13FN2O2/c11-8-4-1-2-5-9(8)13-10(14)15-7-3-6-12/h1-2,4-5H,3,6-7,12H2,(H,13,14). The van der Waals surface area contributed by atoms with Crippen LogP contribution in [0.2, 0.25) is 0 Å². The van der Waals surface area contributed by atoms with Gasteiger partial charge in [0, 0.05) is 0 Å². The number of para-hydroxylation sites is 1. The van der Waals surface area contributed by atoms with Crippen LogP contribution in [-0.4, -0.2) is 19.2 Å². The minimum atomic E-state index is -0.673. The molecule has 82 valence electrons. The summed E-state index contributed by atoms with van der Waals surface area (Å²) in [5, 5.41) is 2.29. The summed E-state index contributed by atoms with van der Waals surface area (Å²) in [5.74, 6) is -0.492. The highest BCUT2D eigenvalue weighted by Gasteiger charge is 2.05. The number of rotatable bonds is 4.